The molecule has 0 saturated heterocycles. The van der Waals surface area contributed by atoms with E-state index in [1.54, 1.807) is 29.3 Å². The monoisotopic (exact) mass is 352 g/mol. The molecule has 0 saturated carbocycles. The first-order valence-electron chi connectivity index (χ1n) is 7.90. The zero-order valence-electron chi connectivity index (χ0n) is 13.7. The van der Waals surface area contributed by atoms with Gasteiger partial charge in [-0.1, -0.05) is 29.8 Å². The summed E-state index contributed by atoms with van der Waals surface area (Å²) < 4.78 is 0. The Kier molecular flexibility index (Phi) is 5.26. The lowest BCUT2D eigenvalue weighted by atomic mass is 10.2. The molecule has 5 nitrogen and oxygen atoms in total. The van der Waals surface area contributed by atoms with Gasteiger partial charge < -0.3 is 10.2 Å². The van der Waals surface area contributed by atoms with Crippen molar-refractivity contribution in [1.82, 2.24) is 9.97 Å². The molecule has 0 aliphatic carbocycles. The Morgan fingerprint density at radius 3 is 2.48 bits per heavy atom. The number of benzene rings is 2. The molecule has 1 aromatic heterocycles. The van der Waals surface area contributed by atoms with E-state index in [-0.39, 0.29) is 5.91 Å². The molecule has 6 heteroatoms. The predicted octanol–water partition coefficient (Wildman–Crippen LogP) is 4.54. The Bertz CT molecular complexity index is 853. The van der Waals surface area contributed by atoms with E-state index in [0.29, 0.717) is 23.2 Å². The van der Waals surface area contributed by atoms with Crippen molar-refractivity contribution < 1.29 is 4.79 Å². The minimum atomic E-state index is -0.171. The van der Waals surface area contributed by atoms with Crippen LogP contribution in [0.2, 0.25) is 5.02 Å². The number of rotatable bonds is 5. The van der Waals surface area contributed by atoms with Crippen molar-refractivity contribution in [2.45, 2.75) is 6.92 Å². The van der Waals surface area contributed by atoms with E-state index in [1.807, 2.05) is 49.4 Å². The maximum atomic E-state index is 12.8. The fraction of sp³-hybridized carbons (Fsp3) is 0.105. The van der Waals surface area contributed by atoms with Gasteiger partial charge in [-0.05, 0) is 49.4 Å². The van der Waals surface area contributed by atoms with Crippen LogP contribution in [0.3, 0.4) is 0 Å². The second-order valence-corrected chi connectivity index (χ2v) is 5.72. The number of nitrogens with zero attached hydrogens (tertiary/aromatic N) is 3. The first-order chi connectivity index (χ1) is 12.2. The first kappa shape index (κ1) is 16.9. The fourth-order valence-corrected chi connectivity index (χ4v) is 2.52. The molecule has 126 valence electrons. The highest BCUT2D eigenvalue weighted by atomic mass is 35.5. The molecule has 0 aliphatic rings. The van der Waals surface area contributed by atoms with Crippen LogP contribution >= 0.6 is 11.6 Å². The van der Waals surface area contributed by atoms with Crippen molar-refractivity contribution in [2.75, 3.05) is 16.8 Å². The number of hydrogen-bond acceptors (Lipinski definition) is 4. The van der Waals surface area contributed by atoms with Gasteiger partial charge in [-0.3, -0.25) is 4.79 Å². The van der Waals surface area contributed by atoms with Crippen molar-refractivity contribution in [2.24, 2.45) is 0 Å². The summed E-state index contributed by atoms with van der Waals surface area (Å²) in [6.45, 7) is 2.48. The summed E-state index contributed by atoms with van der Waals surface area (Å²) in [7, 11) is 0. The third-order valence-corrected chi connectivity index (χ3v) is 3.86. The number of para-hydroxylation sites is 1. The Labute approximate surface area is 151 Å². The molecule has 0 atom stereocenters. The molecule has 0 bridgehead atoms. The average molecular weight is 353 g/mol. The lowest BCUT2D eigenvalue weighted by Crippen LogP contribution is -2.31. The molecule has 3 aromatic rings. The van der Waals surface area contributed by atoms with E-state index in [4.69, 9.17) is 11.6 Å². The van der Waals surface area contributed by atoms with E-state index in [1.165, 1.54) is 0 Å². The van der Waals surface area contributed by atoms with Crippen LogP contribution in [-0.2, 0) is 0 Å². The topological polar surface area (TPSA) is 58.1 Å². The van der Waals surface area contributed by atoms with Gasteiger partial charge in [0.1, 0.15) is 5.69 Å². The number of carbonyl (C=O) groups is 1. The second-order valence-electron chi connectivity index (χ2n) is 5.28. The van der Waals surface area contributed by atoms with Gasteiger partial charge in [-0.15, -0.1) is 0 Å². The molecule has 0 unspecified atom stereocenters. The Morgan fingerprint density at radius 1 is 1.08 bits per heavy atom. The molecular formula is C19H17ClN4O. The van der Waals surface area contributed by atoms with Crippen LogP contribution in [0.5, 0.6) is 0 Å². The molecule has 3 rings (SSSR count). The smallest absolute Gasteiger partial charge is 0.277 e. The molecule has 0 radical (unpaired) electrons. The summed E-state index contributed by atoms with van der Waals surface area (Å²) in [4.78, 5) is 23.0. The van der Waals surface area contributed by atoms with Crippen molar-refractivity contribution in [3.05, 3.63) is 77.6 Å². The number of amides is 1. The standard InChI is InChI=1S/C19H17ClN4O/c1-2-24(16-6-4-3-5-7-16)18(25)17-12-13-21-19(23-17)22-15-10-8-14(20)9-11-15/h3-13H,2H2,1H3,(H,21,22,23). The Morgan fingerprint density at radius 2 is 1.80 bits per heavy atom. The zero-order chi connectivity index (χ0) is 17.6. The van der Waals surface area contributed by atoms with Crippen molar-refractivity contribution in [1.29, 1.82) is 0 Å². The Balaban J connectivity index is 1.82. The van der Waals surface area contributed by atoms with Crippen LogP contribution in [0, 0.1) is 0 Å². The Hall–Kier alpha value is -2.92. The van der Waals surface area contributed by atoms with Crippen molar-refractivity contribution in [3.63, 3.8) is 0 Å². The van der Waals surface area contributed by atoms with E-state index in [0.717, 1.165) is 11.4 Å². The lowest BCUT2D eigenvalue weighted by Gasteiger charge is -2.20. The summed E-state index contributed by atoms with van der Waals surface area (Å²) in [5.74, 6) is 0.188. The minimum absolute atomic E-state index is 0.171. The summed E-state index contributed by atoms with van der Waals surface area (Å²) >= 11 is 5.88. The SMILES string of the molecule is CCN(C(=O)c1ccnc(Nc2ccc(Cl)cc2)n1)c1ccccc1. The quantitative estimate of drug-likeness (QED) is 0.732. The normalized spacial score (nSPS) is 10.3. The van der Waals surface area contributed by atoms with Crippen LogP contribution in [0.25, 0.3) is 0 Å². The van der Waals surface area contributed by atoms with E-state index < -0.39 is 0 Å². The van der Waals surface area contributed by atoms with Gasteiger partial charge in [0.2, 0.25) is 5.95 Å². The average Bonchev–Trinajstić information content (AvgIpc) is 2.65. The third kappa shape index (κ3) is 4.14. The van der Waals surface area contributed by atoms with Gasteiger partial charge in [0.05, 0.1) is 0 Å². The number of carbonyl (C=O) groups excluding carboxylic acids is 1. The molecule has 1 N–H and O–H groups in total. The number of nitrogens with one attached hydrogen (secondary N) is 1. The summed E-state index contributed by atoms with van der Waals surface area (Å²) in [6.07, 6.45) is 1.57. The summed E-state index contributed by atoms with van der Waals surface area (Å²) in [5, 5.41) is 3.72. The van der Waals surface area contributed by atoms with Crippen LogP contribution in [0.1, 0.15) is 17.4 Å². The van der Waals surface area contributed by atoms with E-state index in [9.17, 15) is 4.79 Å². The number of halogens is 1. The molecule has 1 amide bonds. The van der Waals surface area contributed by atoms with Gasteiger partial charge in [0, 0.05) is 29.1 Å². The number of hydrogen-bond donors (Lipinski definition) is 1. The largest absolute Gasteiger partial charge is 0.324 e. The van der Waals surface area contributed by atoms with Gasteiger partial charge in [-0.25, -0.2) is 9.97 Å². The van der Waals surface area contributed by atoms with Gasteiger partial charge in [0.25, 0.3) is 5.91 Å². The number of aromatic nitrogens is 2. The highest BCUT2D eigenvalue weighted by Crippen LogP contribution is 2.18. The molecule has 0 fully saturated rings. The predicted molar refractivity (Wildman–Crippen MR) is 101 cm³/mol. The number of anilines is 3. The van der Waals surface area contributed by atoms with Gasteiger partial charge >= 0.3 is 0 Å². The minimum Gasteiger partial charge on any atom is -0.324 e. The van der Waals surface area contributed by atoms with Crippen LogP contribution in [0.15, 0.2) is 66.9 Å². The fourth-order valence-electron chi connectivity index (χ4n) is 2.39. The maximum absolute atomic E-state index is 12.8. The second kappa shape index (κ2) is 7.77. The summed E-state index contributed by atoms with van der Waals surface area (Å²) in [5.41, 5.74) is 1.96. The molecule has 2 aromatic carbocycles. The molecule has 0 spiro atoms. The maximum Gasteiger partial charge on any atom is 0.277 e. The van der Waals surface area contributed by atoms with Crippen molar-refractivity contribution in [3.8, 4) is 0 Å². The van der Waals surface area contributed by atoms with Crippen molar-refractivity contribution >= 4 is 34.8 Å². The van der Waals surface area contributed by atoms with Gasteiger partial charge in [-0.2, -0.15) is 0 Å². The highest BCUT2D eigenvalue weighted by Gasteiger charge is 2.17. The van der Waals surface area contributed by atoms with Crippen LogP contribution < -0.4 is 10.2 Å². The van der Waals surface area contributed by atoms with E-state index >= 15 is 0 Å². The van der Waals surface area contributed by atoms with Crippen LogP contribution in [-0.4, -0.2) is 22.4 Å². The third-order valence-electron chi connectivity index (χ3n) is 3.60. The van der Waals surface area contributed by atoms with Crippen LogP contribution in [0.4, 0.5) is 17.3 Å². The molecule has 1 heterocycles. The highest BCUT2D eigenvalue weighted by molar-refractivity contribution is 6.30. The molecule has 0 aliphatic heterocycles. The van der Waals surface area contributed by atoms with E-state index in [2.05, 4.69) is 15.3 Å². The molecular weight excluding hydrogens is 336 g/mol. The molecule has 25 heavy (non-hydrogen) atoms. The van der Waals surface area contributed by atoms with Gasteiger partial charge in [0.15, 0.2) is 0 Å². The lowest BCUT2D eigenvalue weighted by molar-refractivity contribution is 0.0983. The first-order valence-corrected chi connectivity index (χ1v) is 8.27. The zero-order valence-corrected chi connectivity index (χ0v) is 14.4. The summed E-state index contributed by atoms with van der Waals surface area (Å²) in [6, 6.07) is 18.3.